The fourth-order valence-electron chi connectivity index (χ4n) is 4.33. The van der Waals surface area contributed by atoms with Crippen LogP contribution in [0.2, 0.25) is 0 Å². The molecule has 9 nitrogen and oxygen atoms in total. The molecule has 0 spiro atoms. The van der Waals surface area contributed by atoms with Crippen LogP contribution < -0.4 is 10.6 Å². The first kappa shape index (κ1) is 25.9. The van der Waals surface area contributed by atoms with Gasteiger partial charge in [-0.2, -0.15) is 18.3 Å². The standard InChI is InChI=1S/C27H25F3N8O/c1-15-22(16(2)37(4)36-15)24-34-25(33-21-11-9-20(10-12-21)32-17(3)39)23-26(35-24)38(14-31-23)13-18-5-7-19(8-6-18)27(28,29)30/h5-12,14H,13H2,1-4H3,(H,32,39)(H,33,34,35). The number of carbonyl (C=O) groups is 1. The molecule has 0 aliphatic carbocycles. The van der Waals surface area contributed by atoms with Gasteiger partial charge in [0.2, 0.25) is 5.91 Å². The number of amides is 1. The molecule has 0 saturated carbocycles. The summed E-state index contributed by atoms with van der Waals surface area (Å²) in [6, 6.07) is 12.2. The van der Waals surface area contributed by atoms with Crippen molar-refractivity contribution in [3.05, 3.63) is 77.4 Å². The highest BCUT2D eigenvalue weighted by molar-refractivity contribution is 5.90. The highest BCUT2D eigenvalue weighted by Gasteiger charge is 2.30. The van der Waals surface area contributed by atoms with E-state index >= 15 is 0 Å². The Kier molecular flexibility index (Phi) is 6.54. The first-order valence-electron chi connectivity index (χ1n) is 12.0. The van der Waals surface area contributed by atoms with Crippen molar-refractivity contribution in [2.75, 3.05) is 10.6 Å². The van der Waals surface area contributed by atoms with Gasteiger partial charge >= 0.3 is 6.18 Å². The number of alkyl halides is 3. The zero-order chi connectivity index (χ0) is 27.9. The summed E-state index contributed by atoms with van der Waals surface area (Å²) in [6.07, 6.45) is -2.81. The minimum absolute atomic E-state index is 0.168. The topological polar surface area (TPSA) is 103 Å². The number of imidazole rings is 1. The van der Waals surface area contributed by atoms with Gasteiger partial charge in [0.1, 0.15) is 0 Å². The zero-order valence-corrected chi connectivity index (χ0v) is 21.6. The van der Waals surface area contributed by atoms with E-state index in [1.165, 1.54) is 19.1 Å². The molecule has 0 fully saturated rings. The third-order valence-corrected chi connectivity index (χ3v) is 6.30. The van der Waals surface area contributed by atoms with E-state index < -0.39 is 11.7 Å². The van der Waals surface area contributed by atoms with Crippen LogP contribution in [0, 0.1) is 13.8 Å². The number of fused-ring (bicyclic) bond motifs is 1. The van der Waals surface area contributed by atoms with E-state index in [9.17, 15) is 18.0 Å². The summed E-state index contributed by atoms with van der Waals surface area (Å²) in [5.41, 5.74) is 4.77. The SMILES string of the molecule is CC(=O)Nc1ccc(Nc2nc(-c3c(C)nn(C)c3C)nc3c2ncn3Cc2ccc(C(F)(F)F)cc2)cc1. The molecule has 0 saturated heterocycles. The maximum atomic E-state index is 13.0. The lowest BCUT2D eigenvalue weighted by Gasteiger charge is -2.11. The van der Waals surface area contributed by atoms with Crippen LogP contribution in [0.4, 0.5) is 30.4 Å². The van der Waals surface area contributed by atoms with E-state index in [1.807, 2.05) is 20.9 Å². The molecular weight excluding hydrogens is 509 g/mol. The molecule has 0 radical (unpaired) electrons. The molecule has 5 aromatic rings. The second-order valence-corrected chi connectivity index (χ2v) is 9.19. The molecule has 39 heavy (non-hydrogen) atoms. The van der Waals surface area contributed by atoms with Crippen molar-refractivity contribution in [3.63, 3.8) is 0 Å². The number of hydrogen-bond acceptors (Lipinski definition) is 6. The van der Waals surface area contributed by atoms with Crippen LogP contribution in [-0.2, 0) is 24.6 Å². The van der Waals surface area contributed by atoms with E-state index in [-0.39, 0.29) is 12.5 Å². The number of benzene rings is 2. The van der Waals surface area contributed by atoms with Gasteiger partial charge in [0.05, 0.1) is 29.7 Å². The van der Waals surface area contributed by atoms with Gasteiger partial charge in [0.15, 0.2) is 22.8 Å². The molecule has 3 heterocycles. The van der Waals surface area contributed by atoms with Crippen molar-refractivity contribution >= 4 is 34.3 Å². The monoisotopic (exact) mass is 534 g/mol. The second-order valence-electron chi connectivity index (χ2n) is 9.19. The van der Waals surface area contributed by atoms with Crippen molar-refractivity contribution in [1.29, 1.82) is 0 Å². The molecule has 0 aliphatic rings. The summed E-state index contributed by atoms with van der Waals surface area (Å²) in [4.78, 5) is 25.5. The van der Waals surface area contributed by atoms with Crippen molar-refractivity contribution in [2.45, 2.75) is 33.5 Å². The van der Waals surface area contributed by atoms with Gasteiger partial charge < -0.3 is 15.2 Å². The van der Waals surface area contributed by atoms with Crippen LogP contribution in [-0.4, -0.2) is 35.2 Å². The summed E-state index contributed by atoms with van der Waals surface area (Å²) in [5, 5.41) is 10.5. The Hall–Kier alpha value is -4.74. The first-order valence-corrected chi connectivity index (χ1v) is 12.0. The number of aryl methyl sites for hydroxylation is 2. The van der Waals surface area contributed by atoms with Crippen LogP contribution in [0.1, 0.15) is 29.4 Å². The maximum absolute atomic E-state index is 13.0. The highest BCUT2D eigenvalue weighted by Crippen LogP contribution is 2.31. The fraction of sp³-hybridized carbons (Fsp3) is 0.222. The summed E-state index contributed by atoms with van der Waals surface area (Å²) in [7, 11) is 1.84. The van der Waals surface area contributed by atoms with Crippen LogP contribution in [0.15, 0.2) is 54.9 Å². The van der Waals surface area contributed by atoms with Gasteiger partial charge in [-0.15, -0.1) is 0 Å². The molecule has 0 atom stereocenters. The lowest BCUT2D eigenvalue weighted by atomic mass is 10.1. The fourth-order valence-corrected chi connectivity index (χ4v) is 4.33. The van der Waals surface area contributed by atoms with Gasteiger partial charge in [-0.25, -0.2) is 15.0 Å². The van der Waals surface area contributed by atoms with E-state index in [1.54, 1.807) is 39.8 Å². The zero-order valence-electron chi connectivity index (χ0n) is 21.6. The molecule has 0 unspecified atom stereocenters. The van der Waals surface area contributed by atoms with E-state index in [4.69, 9.17) is 9.97 Å². The average Bonchev–Trinajstić information content (AvgIpc) is 3.38. The lowest BCUT2D eigenvalue weighted by Crippen LogP contribution is -2.06. The van der Waals surface area contributed by atoms with Gasteiger partial charge in [0, 0.05) is 31.0 Å². The van der Waals surface area contributed by atoms with Crippen LogP contribution in [0.25, 0.3) is 22.6 Å². The predicted octanol–water partition coefficient (Wildman–Crippen LogP) is 5.61. The van der Waals surface area contributed by atoms with Crippen molar-refractivity contribution in [3.8, 4) is 11.4 Å². The lowest BCUT2D eigenvalue weighted by molar-refractivity contribution is -0.137. The van der Waals surface area contributed by atoms with Gasteiger partial charge in [-0.1, -0.05) is 12.1 Å². The number of rotatable bonds is 6. The number of carbonyl (C=O) groups excluding carboxylic acids is 1. The third-order valence-electron chi connectivity index (χ3n) is 6.30. The normalized spacial score (nSPS) is 11.7. The average molecular weight is 535 g/mol. The summed E-state index contributed by atoms with van der Waals surface area (Å²) < 4.78 is 42.6. The number of hydrogen-bond donors (Lipinski definition) is 2. The van der Waals surface area contributed by atoms with Gasteiger partial charge in [-0.3, -0.25) is 9.48 Å². The van der Waals surface area contributed by atoms with Crippen LogP contribution in [0.5, 0.6) is 0 Å². The molecule has 2 aromatic carbocycles. The molecule has 5 rings (SSSR count). The molecule has 1 amide bonds. The minimum atomic E-state index is -4.40. The number of nitrogens with zero attached hydrogens (tertiary/aromatic N) is 6. The number of halogens is 3. The Morgan fingerprint density at radius 2 is 1.64 bits per heavy atom. The Morgan fingerprint density at radius 3 is 2.23 bits per heavy atom. The van der Waals surface area contributed by atoms with Crippen molar-refractivity contribution in [1.82, 2.24) is 29.3 Å². The van der Waals surface area contributed by atoms with E-state index in [2.05, 4.69) is 20.7 Å². The third kappa shape index (κ3) is 5.31. The molecular formula is C27H25F3N8O. The molecule has 2 N–H and O–H groups in total. The van der Waals surface area contributed by atoms with Crippen LogP contribution in [0.3, 0.4) is 0 Å². The number of aromatic nitrogens is 6. The largest absolute Gasteiger partial charge is 0.416 e. The summed E-state index contributed by atoms with van der Waals surface area (Å²) >= 11 is 0. The predicted molar refractivity (Wildman–Crippen MR) is 142 cm³/mol. The number of anilines is 3. The number of nitrogens with one attached hydrogen (secondary N) is 2. The Morgan fingerprint density at radius 1 is 0.974 bits per heavy atom. The smallest absolute Gasteiger partial charge is 0.338 e. The van der Waals surface area contributed by atoms with E-state index in [0.717, 1.165) is 29.1 Å². The van der Waals surface area contributed by atoms with Gasteiger partial charge in [0.25, 0.3) is 0 Å². The first-order chi connectivity index (χ1) is 18.5. The van der Waals surface area contributed by atoms with Crippen molar-refractivity contribution < 1.29 is 18.0 Å². The second kappa shape index (κ2) is 9.86. The maximum Gasteiger partial charge on any atom is 0.416 e. The minimum Gasteiger partial charge on any atom is -0.338 e. The van der Waals surface area contributed by atoms with E-state index in [0.29, 0.717) is 39.7 Å². The quantitative estimate of drug-likeness (QED) is 0.294. The van der Waals surface area contributed by atoms with Crippen molar-refractivity contribution in [2.24, 2.45) is 7.05 Å². The summed E-state index contributed by atoms with van der Waals surface area (Å²) in [5.74, 6) is 0.729. The van der Waals surface area contributed by atoms with Gasteiger partial charge in [-0.05, 0) is 55.8 Å². The van der Waals surface area contributed by atoms with Crippen LogP contribution >= 0.6 is 0 Å². The molecule has 200 valence electrons. The molecule has 3 aromatic heterocycles. The molecule has 0 bridgehead atoms. The highest BCUT2D eigenvalue weighted by atomic mass is 19.4. The Balaban J connectivity index is 1.57. The summed E-state index contributed by atoms with van der Waals surface area (Å²) in [6.45, 7) is 5.51. The molecule has 0 aliphatic heterocycles. The Labute approximate surface area is 221 Å². The Bertz CT molecular complexity index is 1670. The molecule has 12 heteroatoms.